The highest BCUT2D eigenvalue weighted by Gasteiger charge is 2.25. The predicted molar refractivity (Wildman–Crippen MR) is 111 cm³/mol. The molecule has 2 heterocycles. The van der Waals surface area contributed by atoms with Crippen molar-refractivity contribution >= 4 is 39.8 Å². The number of amides is 1. The molecule has 1 amide bonds. The number of nitrogens with zero attached hydrogens (tertiary/aromatic N) is 3. The van der Waals surface area contributed by atoms with E-state index >= 15 is 0 Å². The minimum Gasteiger partial charge on any atom is -0.372 e. The SMILES string of the molecule is CC1CN(C(=O)CSc2nnc(Nc3ccc(C(C)C)cc3)s2)CC(C)O1. The lowest BCUT2D eigenvalue weighted by atomic mass is 10.0. The van der Waals surface area contributed by atoms with E-state index in [0.29, 0.717) is 24.8 Å². The van der Waals surface area contributed by atoms with Gasteiger partial charge in [-0.3, -0.25) is 4.79 Å². The van der Waals surface area contributed by atoms with Crippen molar-refractivity contribution < 1.29 is 9.53 Å². The number of aromatic nitrogens is 2. The van der Waals surface area contributed by atoms with Crippen molar-refractivity contribution in [1.82, 2.24) is 15.1 Å². The van der Waals surface area contributed by atoms with Crippen molar-refractivity contribution in [2.45, 2.75) is 50.2 Å². The van der Waals surface area contributed by atoms with Gasteiger partial charge in [-0.05, 0) is 37.5 Å². The quantitative estimate of drug-likeness (QED) is 0.728. The van der Waals surface area contributed by atoms with Gasteiger partial charge in [-0.15, -0.1) is 10.2 Å². The third-order valence-corrected chi connectivity index (χ3v) is 6.28. The van der Waals surface area contributed by atoms with Gasteiger partial charge in [-0.2, -0.15) is 0 Å². The molecule has 0 radical (unpaired) electrons. The van der Waals surface area contributed by atoms with Gasteiger partial charge < -0.3 is 15.0 Å². The number of morpholine rings is 1. The Morgan fingerprint density at radius 1 is 1.26 bits per heavy atom. The molecule has 1 N–H and O–H groups in total. The van der Waals surface area contributed by atoms with E-state index in [1.807, 2.05) is 30.9 Å². The van der Waals surface area contributed by atoms with Crippen molar-refractivity contribution in [2.75, 3.05) is 24.2 Å². The van der Waals surface area contributed by atoms with Crippen molar-refractivity contribution in [2.24, 2.45) is 0 Å². The maximum Gasteiger partial charge on any atom is 0.233 e. The summed E-state index contributed by atoms with van der Waals surface area (Å²) >= 11 is 2.90. The molecular weight excluding hydrogens is 380 g/mol. The van der Waals surface area contributed by atoms with Gasteiger partial charge in [0.1, 0.15) is 0 Å². The van der Waals surface area contributed by atoms with Crippen LogP contribution in [-0.2, 0) is 9.53 Å². The number of carbonyl (C=O) groups excluding carboxylic acids is 1. The van der Waals surface area contributed by atoms with E-state index in [1.165, 1.54) is 28.7 Å². The van der Waals surface area contributed by atoms with E-state index in [9.17, 15) is 4.79 Å². The Balaban J connectivity index is 1.51. The summed E-state index contributed by atoms with van der Waals surface area (Å²) in [6.07, 6.45) is 0.171. The van der Waals surface area contributed by atoms with E-state index < -0.39 is 0 Å². The highest BCUT2D eigenvalue weighted by Crippen LogP contribution is 2.28. The average Bonchev–Trinajstić information content (AvgIpc) is 3.06. The van der Waals surface area contributed by atoms with Crippen LogP contribution in [0.3, 0.4) is 0 Å². The van der Waals surface area contributed by atoms with Gasteiger partial charge in [0.15, 0.2) is 4.34 Å². The summed E-state index contributed by atoms with van der Waals surface area (Å²) in [4.78, 5) is 14.3. The first-order chi connectivity index (χ1) is 12.9. The summed E-state index contributed by atoms with van der Waals surface area (Å²) in [6, 6.07) is 8.33. The van der Waals surface area contributed by atoms with Crippen LogP contribution in [0.15, 0.2) is 28.6 Å². The molecule has 1 aliphatic heterocycles. The molecule has 146 valence electrons. The first kappa shape index (κ1) is 20.1. The fourth-order valence-electron chi connectivity index (χ4n) is 2.99. The largest absolute Gasteiger partial charge is 0.372 e. The summed E-state index contributed by atoms with van der Waals surface area (Å²) in [7, 11) is 0. The summed E-state index contributed by atoms with van der Waals surface area (Å²) in [6.45, 7) is 9.66. The number of carbonyl (C=O) groups is 1. The van der Waals surface area contributed by atoms with Crippen LogP contribution >= 0.6 is 23.1 Å². The second-order valence-electron chi connectivity index (χ2n) is 7.12. The Hall–Kier alpha value is -1.64. The smallest absolute Gasteiger partial charge is 0.233 e. The third kappa shape index (κ3) is 5.67. The molecule has 0 saturated carbocycles. The minimum absolute atomic E-state index is 0.0853. The summed E-state index contributed by atoms with van der Waals surface area (Å²) < 4.78 is 6.47. The Morgan fingerprint density at radius 2 is 1.93 bits per heavy atom. The van der Waals surface area contributed by atoms with Gasteiger partial charge in [-0.25, -0.2) is 0 Å². The summed E-state index contributed by atoms with van der Waals surface area (Å²) in [5, 5.41) is 12.4. The highest BCUT2D eigenvalue weighted by molar-refractivity contribution is 8.01. The number of thioether (sulfide) groups is 1. The first-order valence-corrected chi connectivity index (χ1v) is 11.0. The normalized spacial score (nSPS) is 20.1. The fourth-order valence-corrected chi connectivity index (χ4v) is 4.66. The summed E-state index contributed by atoms with van der Waals surface area (Å²) in [5.74, 6) is 1.01. The molecule has 2 atom stereocenters. The Bertz CT molecular complexity index is 753. The van der Waals surface area contributed by atoms with Crippen LogP contribution in [0, 0.1) is 0 Å². The maximum atomic E-state index is 12.4. The van der Waals surface area contributed by atoms with Crippen LogP contribution in [0.1, 0.15) is 39.2 Å². The Kier molecular flexibility index (Phi) is 6.73. The number of hydrogen-bond donors (Lipinski definition) is 1. The van der Waals surface area contributed by atoms with E-state index in [-0.39, 0.29) is 18.1 Å². The molecule has 1 saturated heterocycles. The van der Waals surface area contributed by atoms with E-state index in [1.54, 1.807) is 0 Å². The molecule has 1 fully saturated rings. The lowest BCUT2D eigenvalue weighted by Crippen LogP contribution is -2.48. The molecule has 1 aliphatic rings. The monoisotopic (exact) mass is 406 g/mol. The maximum absolute atomic E-state index is 12.4. The average molecular weight is 407 g/mol. The van der Waals surface area contributed by atoms with Gasteiger partial charge in [0, 0.05) is 18.8 Å². The van der Waals surface area contributed by atoms with Gasteiger partial charge in [0.2, 0.25) is 11.0 Å². The van der Waals surface area contributed by atoms with Crippen LogP contribution in [0.2, 0.25) is 0 Å². The van der Waals surface area contributed by atoms with Gasteiger partial charge in [-0.1, -0.05) is 49.1 Å². The van der Waals surface area contributed by atoms with Crippen LogP contribution in [0.4, 0.5) is 10.8 Å². The molecule has 3 rings (SSSR count). The lowest BCUT2D eigenvalue weighted by Gasteiger charge is -2.35. The second-order valence-corrected chi connectivity index (χ2v) is 9.32. The lowest BCUT2D eigenvalue weighted by molar-refractivity contribution is -0.140. The number of nitrogens with one attached hydrogen (secondary N) is 1. The molecule has 2 aromatic rings. The van der Waals surface area contributed by atoms with Gasteiger partial charge >= 0.3 is 0 Å². The number of benzene rings is 1. The Labute approximate surface area is 168 Å². The zero-order chi connectivity index (χ0) is 19.4. The molecule has 27 heavy (non-hydrogen) atoms. The number of hydrogen-bond acceptors (Lipinski definition) is 7. The molecule has 6 nitrogen and oxygen atoms in total. The molecule has 0 spiro atoms. The van der Waals surface area contributed by atoms with Crippen molar-refractivity contribution in [3.8, 4) is 0 Å². The van der Waals surface area contributed by atoms with Crippen LogP contribution in [-0.4, -0.2) is 52.1 Å². The second kappa shape index (κ2) is 9.03. The predicted octanol–water partition coefficient (Wildman–Crippen LogP) is 4.13. The van der Waals surface area contributed by atoms with E-state index in [0.717, 1.165) is 15.2 Å². The van der Waals surface area contributed by atoms with Gasteiger partial charge in [0.25, 0.3) is 0 Å². The number of rotatable bonds is 6. The fraction of sp³-hybridized carbons (Fsp3) is 0.526. The number of anilines is 2. The van der Waals surface area contributed by atoms with E-state index in [2.05, 4.69) is 41.5 Å². The number of ether oxygens (including phenoxy) is 1. The molecule has 1 aromatic heterocycles. The zero-order valence-corrected chi connectivity index (χ0v) is 17.8. The van der Waals surface area contributed by atoms with Crippen molar-refractivity contribution in [3.63, 3.8) is 0 Å². The first-order valence-electron chi connectivity index (χ1n) is 9.17. The molecule has 8 heteroatoms. The van der Waals surface area contributed by atoms with Crippen LogP contribution in [0.5, 0.6) is 0 Å². The van der Waals surface area contributed by atoms with Crippen LogP contribution < -0.4 is 5.32 Å². The highest BCUT2D eigenvalue weighted by atomic mass is 32.2. The summed E-state index contributed by atoms with van der Waals surface area (Å²) in [5.41, 5.74) is 2.29. The molecular formula is C19H26N4O2S2. The Morgan fingerprint density at radius 3 is 2.56 bits per heavy atom. The minimum atomic E-state index is 0.0853. The molecule has 2 unspecified atom stereocenters. The van der Waals surface area contributed by atoms with Crippen molar-refractivity contribution in [1.29, 1.82) is 0 Å². The topological polar surface area (TPSA) is 67.4 Å². The third-order valence-electron chi connectivity index (χ3n) is 4.33. The van der Waals surface area contributed by atoms with Crippen LogP contribution in [0.25, 0.3) is 0 Å². The van der Waals surface area contributed by atoms with Gasteiger partial charge in [0.05, 0.1) is 18.0 Å². The van der Waals surface area contributed by atoms with E-state index in [4.69, 9.17) is 4.74 Å². The standard InChI is InChI=1S/C19H26N4O2S2/c1-12(2)15-5-7-16(8-6-15)20-18-21-22-19(27-18)26-11-17(24)23-9-13(3)25-14(4)10-23/h5-8,12-14H,9-11H2,1-4H3,(H,20,21). The van der Waals surface area contributed by atoms with Crippen molar-refractivity contribution in [3.05, 3.63) is 29.8 Å². The molecule has 1 aromatic carbocycles. The molecule has 0 aliphatic carbocycles. The zero-order valence-electron chi connectivity index (χ0n) is 16.1. The molecule has 0 bridgehead atoms.